The van der Waals surface area contributed by atoms with Crippen molar-refractivity contribution in [3.8, 4) is 0 Å². The van der Waals surface area contributed by atoms with E-state index < -0.39 is 15.5 Å². The molecule has 0 fully saturated rings. The monoisotopic (exact) mass is 410 g/mol. The highest BCUT2D eigenvalue weighted by atomic mass is 32.2. The van der Waals surface area contributed by atoms with E-state index in [4.69, 9.17) is 18.4 Å². The Hall–Kier alpha value is -1.77. The molecule has 0 radical (unpaired) electrons. The Kier molecular flexibility index (Phi) is 11.0. The van der Waals surface area contributed by atoms with Gasteiger partial charge in [0.15, 0.2) is 0 Å². The number of rotatable bonds is 16. The molecular weight excluding hydrogens is 380 g/mol. The van der Waals surface area contributed by atoms with Gasteiger partial charge in [0.1, 0.15) is 0 Å². The first kappa shape index (κ1) is 24.3. The molecule has 0 N–H and O–H groups in total. The van der Waals surface area contributed by atoms with Gasteiger partial charge in [0.25, 0.3) is 10.1 Å². The van der Waals surface area contributed by atoms with Crippen LogP contribution in [0.4, 0.5) is 0 Å². The molecule has 0 aliphatic heterocycles. The van der Waals surface area contributed by atoms with Crippen molar-refractivity contribution >= 4 is 10.1 Å². The molecule has 156 valence electrons. The quantitative estimate of drug-likeness (QED) is 0.237. The van der Waals surface area contributed by atoms with Crippen molar-refractivity contribution in [2.24, 2.45) is 5.41 Å². The van der Waals surface area contributed by atoms with Gasteiger partial charge in [-0.1, -0.05) is 35.9 Å². The Morgan fingerprint density at radius 1 is 0.821 bits per heavy atom. The van der Waals surface area contributed by atoms with E-state index in [1.165, 1.54) is 12.1 Å². The molecule has 0 saturated carbocycles. The molecule has 0 amide bonds. The highest BCUT2D eigenvalue weighted by Gasteiger charge is 2.34. The van der Waals surface area contributed by atoms with Crippen molar-refractivity contribution in [2.45, 2.75) is 11.8 Å². The van der Waals surface area contributed by atoms with Gasteiger partial charge in [0, 0.05) is 0 Å². The summed E-state index contributed by atoms with van der Waals surface area (Å²) in [5, 5.41) is 0. The minimum Gasteiger partial charge on any atom is -0.377 e. The summed E-state index contributed by atoms with van der Waals surface area (Å²) in [6, 6.07) is 6.47. The van der Waals surface area contributed by atoms with Gasteiger partial charge in [-0.05, 0) is 19.1 Å². The van der Waals surface area contributed by atoms with Crippen molar-refractivity contribution < 1.29 is 26.8 Å². The summed E-state index contributed by atoms with van der Waals surface area (Å²) >= 11 is 0. The van der Waals surface area contributed by atoms with Crippen LogP contribution in [-0.2, 0) is 28.5 Å². The van der Waals surface area contributed by atoms with Crippen molar-refractivity contribution in [3.63, 3.8) is 0 Å². The number of aryl methyl sites for hydroxylation is 1. The molecule has 0 aliphatic carbocycles. The first-order chi connectivity index (χ1) is 13.4. The SMILES string of the molecule is C=CCOCC(COCC=C)(COCC=C)COS(=O)(=O)c1ccc(C)cc1. The number of ether oxygens (including phenoxy) is 3. The normalized spacial score (nSPS) is 11.9. The Morgan fingerprint density at radius 3 is 1.64 bits per heavy atom. The molecule has 6 nitrogen and oxygen atoms in total. The maximum atomic E-state index is 12.6. The lowest BCUT2D eigenvalue weighted by Crippen LogP contribution is -2.42. The Morgan fingerprint density at radius 2 is 1.25 bits per heavy atom. The molecule has 0 bridgehead atoms. The molecule has 0 aromatic heterocycles. The maximum absolute atomic E-state index is 12.6. The van der Waals surface area contributed by atoms with Gasteiger partial charge < -0.3 is 14.2 Å². The fraction of sp³-hybridized carbons (Fsp3) is 0.429. The smallest absolute Gasteiger partial charge is 0.296 e. The van der Waals surface area contributed by atoms with E-state index in [0.29, 0.717) is 19.8 Å². The summed E-state index contributed by atoms with van der Waals surface area (Å²) in [4.78, 5) is 0.0954. The lowest BCUT2D eigenvalue weighted by molar-refractivity contribution is -0.0762. The van der Waals surface area contributed by atoms with Crippen LogP contribution in [0.3, 0.4) is 0 Å². The van der Waals surface area contributed by atoms with Gasteiger partial charge in [-0.3, -0.25) is 4.18 Å². The third-order valence-corrected chi connectivity index (χ3v) is 5.04. The first-order valence-electron chi connectivity index (χ1n) is 8.91. The zero-order valence-electron chi connectivity index (χ0n) is 16.5. The average molecular weight is 411 g/mol. The van der Waals surface area contributed by atoms with Crippen LogP contribution in [0.1, 0.15) is 5.56 Å². The van der Waals surface area contributed by atoms with Crippen LogP contribution in [0.25, 0.3) is 0 Å². The van der Waals surface area contributed by atoms with Crippen LogP contribution in [-0.4, -0.2) is 54.7 Å². The van der Waals surface area contributed by atoms with Gasteiger partial charge in [-0.2, -0.15) is 8.42 Å². The van der Waals surface area contributed by atoms with Gasteiger partial charge in [-0.15, -0.1) is 19.7 Å². The summed E-state index contributed by atoms with van der Waals surface area (Å²) in [6.07, 6.45) is 4.84. The second-order valence-electron chi connectivity index (χ2n) is 6.44. The minimum atomic E-state index is -3.93. The fourth-order valence-electron chi connectivity index (χ4n) is 2.30. The Bertz CT molecular complexity index is 673. The topological polar surface area (TPSA) is 71.1 Å². The highest BCUT2D eigenvalue weighted by Crippen LogP contribution is 2.24. The van der Waals surface area contributed by atoms with E-state index in [2.05, 4.69) is 19.7 Å². The van der Waals surface area contributed by atoms with E-state index >= 15 is 0 Å². The van der Waals surface area contributed by atoms with Gasteiger partial charge >= 0.3 is 0 Å². The van der Waals surface area contributed by atoms with Crippen LogP contribution in [0.15, 0.2) is 67.1 Å². The highest BCUT2D eigenvalue weighted by molar-refractivity contribution is 7.86. The van der Waals surface area contributed by atoms with E-state index in [1.807, 2.05) is 6.92 Å². The summed E-state index contributed by atoms with van der Waals surface area (Å²) in [5.74, 6) is 0. The van der Waals surface area contributed by atoms with Gasteiger partial charge in [0.2, 0.25) is 0 Å². The first-order valence-corrected chi connectivity index (χ1v) is 10.3. The molecule has 7 heteroatoms. The third-order valence-electron chi connectivity index (χ3n) is 3.76. The van der Waals surface area contributed by atoms with E-state index in [0.717, 1.165) is 5.56 Å². The van der Waals surface area contributed by atoms with Gasteiger partial charge in [-0.25, -0.2) is 0 Å². The lowest BCUT2D eigenvalue weighted by Gasteiger charge is -2.32. The molecule has 0 aliphatic rings. The molecule has 1 aromatic rings. The molecule has 0 heterocycles. The second-order valence-corrected chi connectivity index (χ2v) is 8.06. The van der Waals surface area contributed by atoms with E-state index in [1.54, 1.807) is 30.4 Å². The summed E-state index contributed by atoms with van der Waals surface area (Å²) < 4.78 is 47.3. The summed E-state index contributed by atoms with van der Waals surface area (Å²) in [7, 11) is -3.93. The second kappa shape index (κ2) is 12.6. The molecular formula is C21H30O6S. The predicted molar refractivity (Wildman–Crippen MR) is 110 cm³/mol. The van der Waals surface area contributed by atoms with Crippen LogP contribution in [0.2, 0.25) is 0 Å². The van der Waals surface area contributed by atoms with Crippen molar-refractivity contribution in [1.82, 2.24) is 0 Å². The molecule has 28 heavy (non-hydrogen) atoms. The molecule has 0 atom stereocenters. The average Bonchev–Trinajstić information content (AvgIpc) is 2.67. The van der Waals surface area contributed by atoms with Crippen LogP contribution < -0.4 is 0 Å². The predicted octanol–water partition coefficient (Wildman–Crippen LogP) is 3.29. The maximum Gasteiger partial charge on any atom is 0.296 e. The standard InChI is InChI=1S/C21H30O6S/c1-5-12-24-15-21(16-25-13-6-2,17-26-14-7-3)18-27-28(22,23)20-10-8-19(4)9-11-20/h5-11H,1-3,12-18H2,4H3. The fourth-order valence-corrected chi connectivity index (χ4v) is 3.31. The van der Waals surface area contributed by atoms with Crippen LogP contribution >= 0.6 is 0 Å². The zero-order chi connectivity index (χ0) is 20.9. The van der Waals surface area contributed by atoms with Crippen LogP contribution in [0.5, 0.6) is 0 Å². The van der Waals surface area contributed by atoms with E-state index in [9.17, 15) is 8.42 Å². The molecule has 1 rings (SSSR count). The Balaban J connectivity index is 2.97. The summed E-state index contributed by atoms with van der Waals surface area (Å²) in [6.45, 7) is 14.1. The van der Waals surface area contributed by atoms with Crippen molar-refractivity contribution in [1.29, 1.82) is 0 Å². The zero-order valence-corrected chi connectivity index (χ0v) is 17.3. The lowest BCUT2D eigenvalue weighted by atomic mass is 9.92. The summed E-state index contributed by atoms with van der Waals surface area (Å²) in [5.41, 5.74) is 0.133. The minimum absolute atomic E-state index is 0.0954. The third kappa shape index (κ3) is 8.50. The Labute approximate surface area is 168 Å². The number of hydrogen-bond donors (Lipinski definition) is 0. The van der Waals surface area contributed by atoms with Crippen molar-refractivity contribution in [2.75, 3.05) is 46.2 Å². The molecule has 0 saturated heterocycles. The van der Waals surface area contributed by atoms with Crippen molar-refractivity contribution in [3.05, 3.63) is 67.8 Å². The number of hydrogen-bond acceptors (Lipinski definition) is 6. The van der Waals surface area contributed by atoms with E-state index in [-0.39, 0.29) is 31.3 Å². The molecule has 0 spiro atoms. The van der Waals surface area contributed by atoms with Gasteiger partial charge in [0.05, 0.1) is 56.6 Å². The largest absolute Gasteiger partial charge is 0.377 e. The van der Waals surface area contributed by atoms with Crippen LogP contribution in [0, 0.1) is 12.3 Å². The molecule has 1 aromatic carbocycles. The number of benzene rings is 1. The molecule has 0 unspecified atom stereocenters.